The number of benzene rings is 2. The minimum absolute atomic E-state index is 0.363. The third-order valence-corrected chi connectivity index (χ3v) is 6.19. The van der Waals surface area contributed by atoms with Crippen molar-refractivity contribution in [2.24, 2.45) is 0 Å². The van der Waals surface area contributed by atoms with Crippen LogP contribution in [0, 0.1) is 0 Å². The minimum atomic E-state index is 0.363. The van der Waals surface area contributed by atoms with Crippen LogP contribution in [-0.2, 0) is 0 Å². The van der Waals surface area contributed by atoms with E-state index in [-0.39, 0.29) is 0 Å². The van der Waals surface area contributed by atoms with Gasteiger partial charge in [-0.25, -0.2) is 4.98 Å². The molecule has 0 bridgehead atoms. The summed E-state index contributed by atoms with van der Waals surface area (Å²) in [6.07, 6.45) is 1.02. The van der Waals surface area contributed by atoms with Crippen molar-refractivity contribution in [3.05, 3.63) is 66.2 Å². The number of hydrogen-bond donors (Lipinski definition) is 0. The molecule has 0 N–H and O–H groups in total. The first-order valence-electron chi connectivity index (χ1n) is 10.9. The minimum Gasteiger partial charge on any atom is -0.497 e. The van der Waals surface area contributed by atoms with Crippen LogP contribution in [0.15, 0.2) is 60.7 Å². The molecule has 1 unspecified atom stereocenters. The Morgan fingerprint density at radius 2 is 1.41 bits per heavy atom. The van der Waals surface area contributed by atoms with Gasteiger partial charge in [-0.2, -0.15) is 0 Å². The van der Waals surface area contributed by atoms with Gasteiger partial charge in [-0.05, 0) is 61.5 Å². The summed E-state index contributed by atoms with van der Waals surface area (Å²) in [6.45, 7) is 2.84. The maximum absolute atomic E-state index is 5.43. The zero-order chi connectivity index (χ0) is 22.5. The molecule has 1 saturated heterocycles. The molecule has 1 aromatic heterocycles. The topological polar surface area (TPSA) is 47.1 Å². The smallest absolute Gasteiger partial charge is 0.213 e. The molecule has 3 aromatic rings. The number of rotatable bonds is 6. The molecular formula is C26H31N3O3. The molecule has 32 heavy (non-hydrogen) atoms. The summed E-state index contributed by atoms with van der Waals surface area (Å²) in [7, 11) is 7.24. The zero-order valence-electron chi connectivity index (χ0n) is 19.2. The highest BCUT2D eigenvalue weighted by atomic mass is 16.5. The largest absolute Gasteiger partial charge is 0.497 e. The molecule has 6 heteroatoms. The third kappa shape index (κ3) is 4.65. The van der Waals surface area contributed by atoms with Crippen LogP contribution in [0.1, 0.15) is 18.0 Å². The number of hydrogen-bond acceptors (Lipinski definition) is 6. The van der Waals surface area contributed by atoms with E-state index >= 15 is 0 Å². The number of aromatic nitrogens is 1. The number of anilines is 1. The van der Waals surface area contributed by atoms with Crippen molar-refractivity contribution in [1.29, 1.82) is 0 Å². The Hall–Kier alpha value is -3.25. The van der Waals surface area contributed by atoms with Gasteiger partial charge in [0.1, 0.15) is 11.5 Å². The van der Waals surface area contributed by atoms with Crippen molar-refractivity contribution in [3.63, 3.8) is 0 Å². The molecule has 1 atom stereocenters. The summed E-state index contributed by atoms with van der Waals surface area (Å²) >= 11 is 0. The lowest BCUT2D eigenvalue weighted by Gasteiger charge is -2.25. The van der Waals surface area contributed by atoms with E-state index in [0.717, 1.165) is 54.5 Å². The van der Waals surface area contributed by atoms with E-state index in [4.69, 9.17) is 19.2 Å². The lowest BCUT2D eigenvalue weighted by Crippen LogP contribution is -2.29. The predicted octanol–water partition coefficient (Wildman–Crippen LogP) is 4.66. The fourth-order valence-corrected chi connectivity index (χ4v) is 4.30. The summed E-state index contributed by atoms with van der Waals surface area (Å²) in [5.74, 6) is 2.33. The van der Waals surface area contributed by atoms with Gasteiger partial charge >= 0.3 is 0 Å². The van der Waals surface area contributed by atoms with Crippen molar-refractivity contribution < 1.29 is 14.2 Å². The number of likely N-dealkylation sites (N-methyl/N-ethyl adjacent to an activating group) is 1. The first-order chi connectivity index (χ1) is 15.6. The van der Waals surface area contributed by atoms with Gasteiger partial charge in [-0.1, -0.05) is 12.1 Å². The molecule has 168 valence electrons. The van der Waals surface area contributed by atoms with E-state index in [2.05, 4.69) is 35.0 Å². The molecule has 4 rings (SSSR count). The quantitative estimate of drug-likeness (QED) is 0.564. The Morgan fingerprint density at radius 3 is 2.03 bits per heavy atom. The van der Waals surface area contributed by atoms with Crippen LogP contribution in [0.3, 0.4) is 0 Å². The Morgan fingerprint density at radius 1 is 0.750 bits per heavy atom. The lowest BCUT2D eigenvalue weighted by molar-refractivity contribution is 0.258. The van der Waals surface area contributed by atoms with Crippen LogP contribution in [0.2, 0.25) is 0 Å². The first-order valence-corrected chi connectivity index (χ1v) is 10.9. The van der Waals surface area contributed by atoms with E-state index in [1.807, 2.05) is 42.5 Å². The van der Waals surface area contributed by atoms with Crippen LogP contribution in [0.4, 0.5) is 5.69 Å². The van der Waals surface area contributed by atoms with Gasteiger partial charge < -0.3 is 19.1 Å². The lowest BCUT2D eigenvalue weighted by atomic mass is 10.0. The molecular weight excluding hydrogens is 402 g/mol. The molecule has 1 aliphatic rings. The second-order valence-corrected chi connectivity index (χ2v) is 8.00. The van der Waals surface area contributed by atoms with Crippen LogP contribution in [0.5, 0.6) is 17.4 Å². The molecule has 0 aliphatic carbocycles. The number of nitrogens with zero attached hydrogens (tertiary/aromatic N) is 3. The van der Waals surface area contributed by atoms with Crippen molar-refractivity contribution in [2.45, 2.75) is 12.5 Å². The summed E-state index contributed by atoms with van der Waals surface area (Å²) in [5.41, 5.74) is 4.42. The number of methoxy groups -OCH3 is 3. The van der Waals surface area contributed by atoms with Gasteiger partial charge in [0, 0.05) is 37.3 Å². The van der Waals surface area contributed by atoms with E-state index in [9.17, 15) is 0 Å². The van der Waals surface area contributed by atoms with Gasteiger partial charge in [0.05, 0.1) is 32.7 Å². The van der Waals surface area contributed by atoms with Gasteiger partial charge in [0.15, 0.2) is 0 Å². The van der Waals surface area contributed by atoms with Crippen LogP contribution in [0.25, 0.3) is 11.3 Å². The molecule has 1 aliphatic heterocycles. The van der Waals surface area contributed by atoms with Gasteiger partial charge in [-0.15, -0.1) is 0 Å². The van der Waals surface area contributed by atoms with Crippen LogP contribution >= 0.6 is 0 Å². The normalized spacial score (nSPS) is 17.0. The standard InChI is InChI=1S/C26H31N3O3/c1-28-17-18-29(16-15-23(28)19-5-9-21(30-2)10-6-19)24-13-14-25(32-4)27-26(24)20-7-11-22(31-3)12-8-20/h5-14,23H,15-18H2,1-4H3. The molecule has 2 aromatic carbocycles. The number of pyridine rings is 1. The third-order valence-electron chi connectivity index (χ3n) is 6.19. The average Bonchev–Trinajstić information content (AvgIpc) is 3.05. The van der Waals surface area contributed by atoms with Crippen molar-refractivity contribution in [3.8, 4) is 28.6 Å². The second-order valence-electron chi connectivity index (χ2n) is 8.00. The van der Waals surface area contributed by atoms with E-state index < -0.39 is 0 Å². The van der Waals surface area contributed by atoms with Gasteiger partial charge in [0.2, 0.25) is 5.88 Å². The average molecular weight is 434 g/mol. The Kier molecular flexibility index (Phi) is 6.81. The van der Waals surface area contributed by atoms with Crippen LogP contribution < -0.4 is 19.1 Å². The van der Waals surface area contributed by atoms with E-state index in [1.165, 1.54) is 5.56 Å². The number of ether oxygens (including phenoxy) is 3. The van der Waals surface area contributed by atoms with Crippen molar-refractivity contribution in [2.75, 3.05) is 52.9 Å². The van der Waals surface area contributed by atoms with E-state index in [1.54, 1.807) is 21.3 Å². The van der Waals surface area contributed by atoms with Crippen LogP contribution in [-0.4, -0.2) is 57.9 Å². The van der Waals surface area contributed by atoms with Gasteiger partial charge in [0.25, 0.3) is 0 Å². The molecule has 6 nitrogen and oxygen atoms in total. The highest BCUT2D eigenvalue weighted by Crippen LogP contribution is 2.35. The summed E-state index contributed by atoms with van der Waals surface area (Å²) in [5, 5.41) is 0. The second kappa shape index (κ2) is 9.92. The highest BCUT2D eigenvalue weighted by Gasteiger charge is 2.25. The van der Waals surface area contributed by atoms with Crippen molar-refractivity contribution >= 4 is 5.69 Å². The van der Waals surface area contributed by atoms with E-state index in [0.29, 0.717) is 11.9 Å². The summed E-state index contributed by atoms with van der Waals surface area (Å²) in [4.78, 5) is 9.68. The Labute approximate surface area is 190 Å². The SMILES string of the molecule is COc1ccc(-c2nc(OC)ccc2N2CCC(c3ccc(OC)cc3)N(C)CC2)cc1. The molecule has 0 amide bonds. The molecule has 0 saturated carbocycles. The maximum Gasteiger partial charge on any atom is 0.213 e. The fourth-order valence-electron chi connectivity index (χ4n) is 4.30. The maximum atomic E-state index is 5.43. The van der Waals surface area contributed by atoms with Crippen molar-refractivity contribution in [1.82, 2.24) is 9.88 Å². The Bertz CT molecular complexity index is 1020. The fraction of sp³-hybridized carbons (Fsp3) is 0.346. The molecule has 0 spiro atoms. The molecule has 0 radical (unpaired) electrons. The summed E-state index contributed by atoms with van der Waals surface area (Å²) in [6, 6.07) is 20.9. The monoisotopic (exact) mass is 433 g/mol. The molecule has 1 fully saturated rings. The zero-order valence-corrected chi connectivity index (χ0v) is 19.2. The summed E-state index contributed by atoms with van der Waals surface area (Å²) < 4.78 is 16.1. The highest BCUT2D eigenvalue weighted by molar-refractivity contribution is 5.76. The Balaban J connectivity index is 1.61. The molecule has 2 heterocycles. The first kappa shape index (κ1) is 22.0. The van der Waals surface area contributed by atoms with Gasteiger partial charge in [-0.3, -0.25) is 4.90 Å². The predicted molar refractivity (Wildman–Crippen MR) is 128 cm³/mol.